The molecule has 1 fully saturated rings. The van der Waals surface area contributed by atoms with E-state index in [1.807, 2.05) is 30.1 Å². The standard InChI is InChI=1S/C14H17N5O2/c1-11-3-2-4-16-12(11)7-19-9-14(20-5-6-21-14)8-17-13(19)18-10-15/h2-4H,5-9H2,1H3,(H,17,18). The zero-order chi connectivity index (χ0) is 14.7. The van der Waals surface area contributed by atoms with Crippen LogP contribution in [0.5, 0.6) is 0 Å². The normalized spacial score (nSPS) is 20.2. The van der Waals surface area contributed by atoms with Gasteiger partial charge in [0.25, 0.3) is 0 Å². The Kier molecular flexibility index (Phi) is 3.73. The van der Waals surface area contributed by atoms with Gasteiger partial charge >= 0.3 is 0 Å². The van der Waals surface area contributed by atoms with Crippen molar-refractivity contribution in [2.45, 2.75) is 19.3 Å². The Hall–Kier alpha value is -2.17. The van der Waals surface area contributed by atoms with Gasteiger partial charge in [-0.05, 0) is 18.6 Å². The van der Waals surface area contributed by atoms with E-state index in [9.17, 15) is 0 Å². The number of aryl methyl sites for hydroxylation is 1. The largest absolute Gasteiger partial charge is 0.344 e. The zero-order valence-electron chi connectivity index (χ0n) is 11.9. The number of aromatic nitrogens is 1. The monoisotopic (exact) mass is 287 g/mol. The molecular formula is C14H17N5O2. The van der Waals surface area contributed by atoms with Crippen LogP contribution < -0.4 is 5.32 Å². The third-order valence-electron chi connectivity index (χ3n) is 3.64. The zero-order valence-corrected chi connectivity index (χ0v) is 11.9. The van der Waals surface area contributed by atoms with Crippen molar-refractivity contribution in [2.24, 2.45) is 4.99 Å². The first kappa shape index (κ1) is 13.8. The Labute approximate surface area is 123 Å². The lowest BCUT2D eigenvalue weighted by Gasteiger charge is -2.37. The average Bonchev–Trinajstić information content (AvgIpc) is 2.93. The molecule has 0 radical (unpaired) electrons. The minimum Gasteiger partial charge on any atom is -0.344 e. The number of hydrogen-bond donors (Lipinski definition) is 1. The fourth-order valence-electron chi connectivity index (χ4n) is 2.55. The summed E-state index contributed by atoms with van der Waals surface area (Å²) in [5, 5.41) is 11.5. The van der Waals surface area contributed by atoms with Crippen LogP contribution in [0.15, 0.2) is 23.3 Å². The molecule has 0 saturated carbocycles. The molecular weight excluding hydrogens is 270 g/mol. The molecule has 3 rings (SSSR count). The summed E-state index contributed by atoms with van der Waals surface area (Å²) in [5.41, 5.74) is 2.04. The number of rotatable bonds is 2. The van der Waals surface area contributed by atoms with Crippen molar-refractivity contribution in [3.05, 3.63) is 29.6 Å². The maximum atomic E-state index is 8.87. The smallest absolute Gasteiger partial charge is 0.208 e. The average molecular weight is 287 g/mol. The lowest BCUT2D eigenvalue weighted by atomic mass is 10.1. The van der Waals surface area contributed by atoms with E-state index in [2.05, 4.69) is 15.3 Å². The highest BCUT2D eigenvalue weighted by Gasteiger charge is 2.42. The summed E-state index contributed by atoms with van der Waals surface area (Å²) in [7, 11) is 0. The molecule has 0 amide bonds. The van der Waals surface area contributed by atoms with Gasteiger partial charge in [0.2, 0.25) is 11.7 Å². The van der Waals surface area contributed by atoms with Gasteiger partial charge in [0.1, 0.15) is 0 Å². The van der Waals surface area contributed by atoms with Crippen LogP contribution in [0, 0.1) is 18.4 Å². The van der Waals surface area contributed by atoms with E-state index in [1.165, 1.54) is 0 Å². The van der Waals surface area contributed by atoms with Crippen LogP contribution in [0.4, 0.5) is 0 Å². The molecule has 7 heteroatoms. The summed E-state index contributed by atoms with van der Waals surface area (Å²) in [5.74, 6) is -0.157. The number of pyridine rings is 1. The SMILES string of the molecule is Cc1cccnc1CN1CC2(CN=C1NC#N)OCCO2. The second-order valence-electron chi connectivity index (χ2n) is 5.11. The number of guanidine groups is 1. The predicted octanol–water partition coefficient (Wildman–Crippen LogP) is 0.375. The first-order valence-electron chi connectivity index (χ1n) is 6.85. The molecule has 0 unspecified atom stereocenters. The first-order valence-corrected chi connectivity index (χ1v) is 6.85. The van der Waals surface area contributed by atoms with Crippen molar-refractivity contribution in [1.29, 1.82) is 5.26 Å². The molecule has 1 spiro atoms. The number of nitriles is 1. The summed E-state index contributed by atoms with van der Waals surface area (Å²) >= 11 is 0. The van der Waals surface area contributed by atoms with Gasteiger partial charge in [-0.1, -0.05) is 6.07 Å². The van der Waals surface area contributed by atoms with Gasteiger partial charge in [-0.3, -0.25) is 10.3 Å². The molecule has 1 aromatic rings. The second-order valence-corrected chi connectivity index (χ2v) is 5.11. The van der Waals surface area contributed by atoms with E-state index in [-0.39, 0.29) is 0 Å². The van der Waals surface area contributed by atoms with Gasteiger partial charge in [-0.2, -0.15) is 5.26 Å². The Morgan fingerprint density at radius 1 is 1.48 bits per heavy atom. The molecule has 1 saturated heterocycles. The number of hydrogen-bond acceptors (Lipinski definition) is 7. The summed E-state index contributed by atoms with van der Waals surface area (Å²) in [6.45, 7) is 4.64. The van der Waals surface area contributed by atoms with E-state index in [4.69, 9.17) is 14.7 Å². The third-order valence-corrected chi connectivity index (χ3v) is 3.64. The summed E-state index contributed by atoms with van der Waals surface area (Å²) < 4.78 is 11.4. The topological polar surface area (TPSA) is 82.8 Å². The van der Waals surface area contributed by atoms with Crippen LogP contribution in [0.3, 0.4) is 0 Å². The fraction of sp³-hybridized carbons (Fsp3) is 0.500. The van der Waals surface area contributed by atoms with E-state index in [0.717, 1.165) is 11.3 Å². The van der Waals surface area contributed by atoms with Crippen LogP contribution in [0.1, 0.15) is 11.3 Å². The van der Waals surface area contributed by atoms with Gasteiger partial charge in [0.15, 0.2) is 6.19 Å². The maximum Gasteiger partial charge on any atom is 0.208 e. The van der Waals surface area contributed by atoms with Crippen molar-refractivity contribution in [3.63, 3.8) is 0 Å². The van der Waals surface area contributed by atoms with Crippen LogP contribution in [0.2, 0.25) is 0 Å². The van der Waals surface area contributed by atoms with Crippen molar-refractivity contribution in [3.8, 4) is 6.19 Å². The van der Waals surface area contributed by atoms with E-state index in [1.54, 1.807) is 6.20 Å². The highest BCUT2D eigenvalue weighted by Crippen LogP contribution is 2.25. The first-order chi connectivity index (χ1) is 10.2. The Morgan fingerprint density at radius 3 is 3.00 bits per heavy atom. The van der Waals surface area contributed by atoms with E-state index in [0.29, 0.717) is 38.8 Å². The van der Waals surface area contributed by atoms with Gasteiger partial charge in [-0.15, -0.1) is 0 Å². The molecule has 1 aromatic heterocycles. The van der Waals surface area contributed by atoms with Crippen LogP contribution in [-0.2, 0) is 16.0 Å². The van der Waals surface area contributed by atoms with Crippen LogP contribution >= 0.6 is 0 Å². The van der Waals surface area contributed by atoms with Crippen molar-refractivity contribution in [1.82, 2.24) is 15.2 Å². The number of nitrogens with one attached hydrogen (secondary N) is 1. The lowest BCUT2D eigenvalue weighted by Crippen LogP contribution is -2.55. The van der Waals surface area contributed by atoms with E-state index < -0.39 is 5.79 Å². The molecule has 3 heterocycles. The molecule has 21 heavy (non-hydrogen) atoms. The Bertz CT molecular complexity index is 589. The van der Waals surface area contributed by atoms with Crippen LogP contribution in [-0.4, -0.2) is 47.9 Å². The van der Waals surface area contributed by atoms with Crippen LogP contribution in [0.25, 0.3) is 0 Å². The molecule has 0 aliphatic carbocycles. The summed E-state index contributed by atoms with van der Waals surface area (Å²) in [4.78, 5) is 10.7. The van der Waals surface area contributed by atoms with Gasteiger partial charge in [0.05, 0.1) is 38.5 Å². The third kappa shape index (κ3) is 2.82. The molecule has 2 aliphatic rings. The minimum absolute atomic E-state index is 0.398. The highest BCUT2D eigenvalue weighted by molar-refractivity contribution is 5.82. The molecule has 0 bridgehead atoms. The Balaban J connectivity index is 1.83. The minimum atomic E-state index is -0.691. The van der Waals surface area contributed by atoms with Crippen molar-refractivity contribution < 1.29 is 9.47 Å². The molecule has 110 valence electrons. The number of nitrogens with zero attached hydrogens (tertiary/aromatic N) is 4. The summed E-state index contributed by atoms with van der Waals surface area (Å²) in [6.07, 6.45) is 3.69. The van der Waals surface area contributed by atoms with Gasteiger partial charge in [-0.25, -0.2) is 4.99 Å². The molecule has 0 atom stereocenters. The van der Waals surface area contributed by atoms with E-state index >= 15 is 0 Å². The summed E-state index contributed by atoms with van der Waals surface area (Å²) in [6, 6.07) is 3.92. The molecule has 2 aliphatic heterocycles. The quantitative estimate of drug-likeness (QED) is 0.625. The predicted molar refractivity (Wildman–Crippen MR) is 75.1 cm³/mol. The number of ether oxygens (including phenoxy) is 2. The second kappa shape index (κ2) is 5.68. The molecule has 7 nitrogen and oxygen atoms in total. The maximum absolute atomic E-state index is 8.87. The fourth-order valence-corrected chi connectivity index (χ4v) is 2.55. The van der Waals surface area contributed by atoms with Crippen molar-refractivity contribution in [2.75, 3.05) is 26.3 Å². The lowest BCUT2D eigenvalue weighted by molar-refractivity contribution is -0.161. The highest BCUT2D eigenvalue weighted by atomic mass is 16.7. The van der Waals surface area contributed by atoms with Gasteiger partial charge < -0.3 is 14.4 Å². The molecule has 1 N–H and O–H groups in total. The molecule has 0 aromatic carbocycles. The number of aliphatic imine (C=N–C) groups is 1. The Morgan fingerprint density at radius 2 is 2.29 bits per heavy atom. The van der Waals surface area contributed by atoms with Gasteiger partial charge in [0, 0.05) is 6.20 Å². The van der Waals surface area contributed by atoms with Crippen molar-refractivity contribution >= 4 is 5.96 Å².